The van der Waals surface area contributed by atoms with E-state index in [0.717, 1.165) is 0 Å². The lowest BCUT2D eigenvalue weighted by Crippen LogP contribution is -2.28. The van der Waals surface area contributed by atoms with Gasteiger partial charge in [0.05, 0.1) is 11.8 Å². The molecule has 0 radical (unpaired) electrons. The topological polar surface area (TPSA) is 56.2 Å². The highest BCUT2D eigenvalue weighted by atomic mass is 16.6. The summed E-state index contributed by atoms with van der Waals surface area (Å²) >= 11 is 0. The molecule has 0 aromatic carbocycles. The summed E-state index contributed by atoms with van der Waals surface area (Å²) in [6.07, 6.45) is 6.23. The average Bonchev–Trinajstić information content (AvgIpc) is 2.44. The Hall–Kier alpha value is -1.96. The third-order valence-corrected chi connectivity index (χ3v) is 1.71. The lowest BCUT2D eigenvalue weighted by molar-refractivity contribution is 0.0634. The van der Waals surface area contributed by atoms with E-state index >= 15 is 0 Å². The van der Waals surface area contributed by atoms with Crippen LogP contribution < -0.4 is 5.32 Å². The van der Waals surface area contributed by atoms with E-state index in [0.29, 0.717) is 11.4 Å². The van der Waals surface area contributed by atoms with Gasteiger partial charge in [0.1, 0.15) is 11.4 Å². The smallest absolute Gasteiger partial charge is 0.413 e. The van der Waals surface area contributed by atoms with E-state index < -0.39 is 11.7 Å². The molecule has 0 spiro atoms. The second-order valence-corrected chi connectivity index (χ2v) is 4.30. The number of ether oxygens (including phenoxy) is 1. The van der Waals surface area contributed by atoms with Crippen molar-refractivity contribution in [3.63, 3.8) is 0 Å². The normalized spacial score (nSPS) is 10.7. The van der Waals surface area contributed by atoms with Gasteiger partial charge in [-0.3, -0.25) is 10.00 Å². The second kappa shape index (κ2) is 4.27. The Balaban J connectivity index is 2.78. The number of amides is 1. The van der Waals surface area contributed by atoms with E-state index in [1.54, 1.807) is 27.8 Å². The molecule has 16 heavy (non-hydrogen) atoms. The predicted molar refractivity (Wildman–Crippen MR) is 61.0 cm³/mol. The number of hydrogen-bond acceptors (Lipinski definition) is 3. The van der Waals surface area contributed by atoms with E-state index in [2.05, 4.69) is 16.3 Å². The molecule has 86 valence electrons. The van der Waals surface area contributed by atoms with Gasteiger partial charge >= 0.3 is 6.09 Å². The SMILES string of the molecule is C#Cc1cnn(C)c1NC(=O)OC(C)(C)C. The van der Waals surface area contributed by atoms with Gasteiger partial charge in [0.25, 0.3) is 0 Å². The number of nitrogens with one attached hydrogen (secondary N) is 1. The summed E-state index contributed by atoms with van der Waals surface area (Å²) in [7, 11) is 1.69. The highest BCUT2D eigenvalue weighted by Crippen LogP contribution is 2.14. The third-order valence-electron chi connectivity index (χ3n) is 1.71. The minimum absolute atomic E-state index is 0.455. The molecule has 0 aliphatic rings. The largest absolute Gasteiger partial charge is 0.444 e. The molecule has 0 aliphatic heterocycles. The van der Waals surface area contributed by atoms with Crippen molar-refractivity contribution in [3.05, 3.63) is 11.8 Å². The predicted octanol–water partition coefficient (Wildman–Crippen LogP) is 1.75. The molecule has 0 saturated heterocycles. The Bertz CT molecular complexity index is 435. The van der Waals surface area contributed by atoms with Crippen molar-refractivity contribution in [2.75, 3.05) is 5.32 Å². The van der Waals surface area contributed by atoms with Gasteiger partial charge in [-0.05, 0) is 20.8 Å². The minimum atomic E-state index is -0.549. The van der Waals surface area contributed by atoms with Crippen LogP contribution in [0.1, 0.15) is 26.3 Å². The number of nitrogens with zero attached hydrogens (tertiary/aromatic N) is 2. The van der Waals surface area contributed by atoms with Gasteiger partial charge in [0.2, 0.25) is 0 Å². The zero-order valence-corrected chi connectivity index (χ0v) is 9.87. The Kier molecular flexibility index (Phi) is 3.23. The molecule has 1 amide bonds. The molecule has 1 aromatic heterocycles. The van der Waals surface area contributed by atoms with E-state index in [1.807, 2.05) is 0 Å². The molecule has 5 nitrogen and oxygen atoms in total. The maximum absolute atomic E-state index is 11.5. The van der Waals surface area contributed by atoms with Crippen LogP contribution in [-0.2, 0) is 11.8 Å². The lowest BCUT2D eigenvalue weighted by Gasteiger charge is -2.19. The zero-order valence-electron chi connectivity index (χ0n) is 9.87. The van der Waals surface area contributed by atoms with Gasteiger partial charge in [-0.15, -0.1) is 6.42 Å². The molecule has 1 N–H and O–H groups in total. The molecule has 0 aliphatic carbocycles. The first-order valence-electron chi connectivity index (χ1n) is 4.82. The van der Waals surface area contributed by atoms with E-state index in [4.69, 9.17) is 11.2 Å². The van der Waals surface area contributed by atoms with Gasteiger partial charge in [-0.25, -0.2) is 4.79 Å². The number of aromatic nitrogens is 2. The lowest BCUT2D eigenvalue weighted by atomic mass is 10.2. The second-order valence-electron chi connectivity index (χ2n) is 4.30. The van der Waals surface area contributed by atoms with Crippen molar-refractivity contribution in [2.24, 2.45) is 7.05 Å². The summed E-state index contributed by atoms with van der Waals surface area (Å²) in [6.45, 7) is 5.37. The van der Waals surface area contributed by atoms with Crippen LogP contribution in [0.4, 0.5) is 10.6 Å². The first-order chi connectivity index (χ1) is 7.33. The van der Waals surface area contributed by atoms with Gasteiger partial charge < -0.3 is 4.74 Å². The molecule has 5 heteroatoms. The van der Waals surface area contributed by atoms with E-state index in [9.17, 15) is 4.79 Å². The Morgan fingerprint density at radius 1 is 1.62 bits per heavy atom. The molecule has 0 fully saturated rings. The molecule has 0 bridgehead atoms. The Labute approximate surface area is 94.8 Å². The highest BCUT2D eigenvalue weighted by Gasteiger charge is 2.18. The number of anilines is 1. The van der Waals surface area contributed by atoms with Crippen molar-refractivity contribution >= 4 is 11.9 Å². The van der Waals surface area contributed by atoms with Crippen LogP contribution in [0.15, 0.2) is 6.20 Å². The third kappa shape index (κ3) is 3.02. The maximum Gasteiger partial charge on any atom is 0.413 e. The van der Waals surface area contributed by atoms with Crippen LogP contribution in [-0.4, -0.2) is 21.5 Å². The fourth-order valence-electron chi connectivity index (χ4n) is 1.09. The summed E-state index contributed by atoms with van der Waals surface area (Å²) in [6, 6.07) is 0. The van der Waals surface area contributed by atoms with Crippen molar-refractivity contribution in [1.29, 1.82) is 0 Å². The number of carbonyl (C=O) groups is 1. The highest BCUT2D eigenvalue weighted by molar-refractivity contribution is 5.85. The number of rotatable bonds is 1. The fourth-order valence-corrected chi connectivity index (χ4v) is 1.09. The van der Waals surface area contributed by atoms with Crippen LogP contribution in [0.3, 0.4) is 0 Å². The van der Waals surface area contributed by atoms with Crippen LogP contribution in [0, 0.1) is 12.3 Å². The molecule has 0 saturated carbocycles. The van der Waals surface area contributed by atoms with E-state index in [-0.39, 0.29) is 0 Å². The number of hydrogen-bond donors (Lipinski definition) is 1. The zero-order chi connectivity index (χ0) is 12.3. The van der Waals surface area contributed by atoms with Crippen LogP contribution in [0.5, 0.6) is 0 Å². The molecule has 0 unspecified atom stereocenters. The first kappa shape index (κ1) is 12.1. The average molecular weight is 221 g/mol. The molecule has 1 heterocycles. The maximum atomic E-state index is 11.5. The summed E-state index contributed by atoms with van der Waals surface area (Å²) in [5.41, 5.74) is -0.0210. The Morgan fingerprint density at radius 3 is 2.75 bits per heavy atom. The first-order valence-corrected chi connectivity index (χ1v) is 4.82. The molecule has 0 atom stereocenters. The standard InChI is InChI=1S/C11H15N3O2/c1-6-8-7-12-14(5)9(8)13-10(15)16-11(2,3)4/h1,7H,2-5H3,(H,13,15). The minimum Gasteiger partial charge on any atom is -0.444 e. The van der Waals surface area contributed by atoms with Gasteiger partial charge in [0.15, 0.2) is 0 Å². The van der Waals surface area contributed by atoms with Crippen molar-refractivity contribution < 1.29 is 9.53 Å². The van der Waals surface area contributed by atoms with Gasteiger partial charge in [-0.1, -0.05) is 5.92 Å². The summed E-state index contributed by atoms with van der Waals surface area (Å²) < 4.78 is 6.59. The van der Waals surface area contributed by atoms with Crippen LogP contribution >= 0.6 is 0 Å². The summed E-state index contributed by atoms with van der Waals surface area (Å²) in [4.78, 5) is 11.5. The monoisotopic (exact) mass is 221 g/mol. The van der Waals surface area contributed by atoms with Gasteiger partial charge in [-0.2, -0.15) is 5.10 Å². The summed E-state index contributed by atoms with van der Waals surface area (Å²) in [5.74, 6) is 2.89. The molecule has 1 rings (SSSR count). The van der Waals surface area contributed by atoms with Crippen molar-refractivity contribution in [3.8, 4) is 12.3 Å². The fraction of sp³-hybridized carbons (Fsp3) is 0.455. The van der Waals surface area contributed by atoms with Crippen LogP contribution in [0.2, 0.25) is 0 Å². The molecule has 1 aromatic rings. The number of carbonyl (C=O) groups excluding carboxylic acids is 1. The van der Waals surface area contributed by atoms with Gasteiger partial charge in [0, 0.05) is 7.05 Å². The number of aryl methyl sites for hydroxylation is 1. The summed E-state index contributed by atoms with van der Waals surface area (Å²) in [5, 5.41) is 6.50. The van der Waals surface area contributed by atoms with Crippen molar-refractivity contribution in [2.45, 2.75) is 26.4 Å². The quantitative estimate of drug-likeness (QED) is 0.735. The number of terminal acetylenes is 1. The van der Waals surface area contributed by atoms with Crippen molar-refractivity contribution in [1.82, 2.24) is 9.78 Å². The van der Waals surface area contributed by atoms with Crippen LogP contribution in [0.25, 0.3) is 0 Å². The molecular weight excluding hydrogens is 206 g/mol. The Morgan fingerprint density at radius 2 is 2.25 bits per heavy atom. The van der Waals surface area contributed by atoms with E-state index in [1.165, 1.54) is 10.9 Å². The molecular formula is C11H15N3O2.